The summed E-state index contributed by atoms with van der Waals surface area (Å²) in [4.78, 5) is 2.06. The molecule has 0 fully saturated rings. The molecule has 0 aliphatic heterocycles. The van der Waals surface area contributed by atoms with E-state index < -0.39 is 0 Å². The zero-order valence-corrected chi connectivity index (χ0v) is 9.31. The Labute approximate surface area is 90.5 Å². The van der Waals surface area contributed by atoms with Gasteiger partial charge in [0.05, 0.1) is 6.61 Å². The highest BCUT2D eigenvalue weighted by molar-refractivity contribution is 5.34. The minimum absolute atomic E-state index is 0.745. The molecule has 1 N–H and O–H groups in total. The number of ether oxygens (including phenoxy) is 1. The quantitative estimate of drug-likeness (QED) is 0.649. The summed E-state index contributed by atoms with van der Waals surface area (Å²) in [5.74, 6) is 0.894. The average Bonchev–Trinajstić information content (AvgIpc) is 2.30. The predicted octanol–water partition coefficient (Wildman–Crippen LogP) is 0.149. The first kappa shape index (κ1) is 11.9. The monoisotopic (exact) mass is 210 g/mol. The lowest BCUT2D eigenvalue weighted by Gasteiger charge is -2.17. The van der Waals surface area contributed by atoms with Crippen LogP contribution in [0.25, 0.3) is 0 Å². The lowest BCUT2D eigenvalue weighted by Crippen LogP contribution is -2.31. The van der Waals surface area contributed by atoms with Crippen LogP contribution in [-0.4, -0.2) is 50.6 Å². The van der Waals surface area contributed by atoms with E-state index in [1.807, 2.05) is 19.2 Å². The highest BCUT2D eigenvalue weighted by Crippen LogP contribution is 2.03. The number of nitrogens with zero attached hydrogens (tertiary/aromatic N) is 3. The average molecular weight is 210 g/mol. The van der Waals surface area contributed by atoms with Crippen molar-refractivity contribution in [3.63, 3.8) is 0 Å². The second kappa shape index (κ2) is 7.14. The van der Waals surface area contributed by atoms with E-state index in [0.717, 1.165) is 32.1 Å². The smallest absolute Gasteiger partial charge is 0.151 e. The van der Waals surface area contributed by atoms with Crippen molar-refractivity contribution < 1.29 is 4.74 Å². The van der Waals surface area contributed by atoms with Crippen LogP contribution >= 0.6 is 0 Å². The summed E-state index contributed by atoms with van der Waals surface area (Å²) < 4.78 is 4.94. The zero-order valence-electron chi connectivity index (χ0n) is 9.31. The van der Waals surface area contributed by atoms with Crippen LogP contribution in [0.3, 0.4) is 0 Å². The molecule has 0 saturated heterocycles. The van der Waals surface area contributed by atoms with Gasteiger partial charge in [0.15, 0.2) is 5.82 Å². The first-order valence-electron chi connectivity index (χ1n) is 5.03. The van der Waals surface area contributed by atoms with Crippen molar-refractivity contribution in [2.24, 2.45) is 0 Å². The molecular formula is C10H18N4O. The fraction of sp³-hybridized carbons (Fsp3) is 0.600. The Morgan fingerprint density at radius 1 is 1.47 bits per heavy atom. The Hall–Kier alpha value is -1.20. The Bertz CT molecular complexity index is 255. The fourth-order valence-corrected chi connectivity index (χ4v) is 1.16. The number of methoxy groups -OCH3 is 1. The molecule has 0 aliphatic rings. The molecule has 1 aromatic heterocycles. The van der Waals surface area contributed by atoms with Crippen LogP contribution in [0.5, 0.6) is 0 Å². The molecule has 1 rings (SSSR count). The van der Waals surface area contributed by atoms with Crippen molar-refractivity contribution in [1.82, 2.24) is 15.5 Å². The van der Waals surface area contributed by atoms with E-state index in [-0.39, 0.29) is 0 Å². The summed E-state index contributed by atoms with van der Waals surface area (Å²) in [6, 6.07) is 3.83. The lowest BCUT2D eigenvalue weighted by atomic mass is 10.4. The van der Waals surface area contributed by atoms with Gasteiger partial charge in [0.1, 0.15) is 0 Å². The molecule has 0 aliphatic carbocycles. The normalized spacial score (nSPS) is 10.3. The van der Waals surface area contributed by atoms with E-state index in [4.69, 9.17) is 4.74 Å². The largest absolute Gasteiger partial charge is 0.383 e. The summed E-state index contributed by atoms with van der Waals surface area (Å²) >= 11 is 0. The summed E-state index contributed by atoms with van der Waals surface area (Å²) in [7, 11) is 3.70. The molecule has 0 atom stereocenters. The van der Waals surface area contributed by atoms with Gasteiger partial charge in [-0.25, -0.2) is 0 Å². The third kappa shape index (κ3) is 4.71. The molecule has 0 radical (unpaired) electrons. The Morgan fingerprint density at radius 3 is 3.00 bits per heavy atom. The molecule has 0 aromatic carbocycles. The van der Waals surface area contributed by atoms with Crippen LogP contribution in [-0.2, 0) is 4.74 Å². The molecule has 0 amide bonds. The van der Waals surface area contributed by atoms with Gasteiger partial charge in [0.2, 0.25) is 0 Å². The van der Waals surface area contributed by atoms with Gasteiger partial charge in [0, 0.05) is 40.0 Å². The standard InChI is InChI=1S/C10H18N4O/c1-14(8-6-11-7-9-15-2)10-4-3-5-12-13-10/h3-5,11H,6-9H2,1-2H3. The molecule has 0 saturated carbocycles. The minimum atomic E-state index is 0.745. The lowest BCUT2D eigenvalue weighted by molar-refractivity contribution is 0.200. The second-order valence-electron chi connectivity index (χ2n) is 3.25. The van der Waals surface area contributed by atoms with E-state index in [0.29, 0.717) is 0 Å². The molecule has 15 heavy (non-hydrogen) atoms. The van der Waals surface area contributed by atoms with E-state index in [1.165, 1.54) is 0 Å². The number of nitrogens with one attached hydrogen (secondary N) is 1. The number of hydrogen-bond donors (Lipinski definition) is 1. The zero-order chi connectivity index (χ0) is 10.9. The van der Waals surface area contributed by atoms with E-state index >= 15 is 0 Å². The Balaban J connectivity index is 2.16. The molecular weight excluding hydrogens is 192 g/mol. The maximum absolute atomic E-state index is 4.94. The van der Waals surface area contributed by atoms with Crippen LogP contribution in [0.15, 0.2) is 18.3 Å². The second-order valence-corrected chi connectivity index (χ2v) is 3.25. The van der Waals surface area contributed by atoms with Crippen molar-refractivity contribution in [2.45, 2.75) is 0 Å². The number of anilines is 1. The number of aromatic nitrogens is 2. The van der Waals surface area contributed by atoms with Crippen molar-refractivity contribution in [3.8, 4) is 0 Å². The summed E-state index contributed by atoms with van der Waals surface area (Å²) in [5, 5.41) is 11.1. The SMILES string of the molecule is COCCNCCN(C)c1cccnn1. The van der Waals surface area contributed by atoms with Gasteiger partial charge in [-0.1, -0.05) is 0 Å². The molecule has 1 heterocycles. The summed E-state index contributed by atoms with van der Waals surface area (Å²) in [5.41, 5.74) is 0. The number of rotatable bonds is 7. The molecule has 0 unspecified atom stereocenters. The fourth-order valence-electron chi connectivity index (χ4n) is 1.16. The van der Waals surface area contributed by atoms with Crippen LogP contribution < -0.4 is 10.2 Å². The summed E-state index contributed by atoms with van der Waals surface area (Å²) in [6.07, 6.45) is 1.67. The maximum atomic E-state index is 4.94. The van der Waals surface area contributed by atoms with Crippen molar-refractivity contribution >= 4 is 5.82 Å². The first-order chi connectivity index (χ1) is 7.34. The van der Waals surface area contributed by atoms with Crippen LogP contribution in [0.1, 0.15) is 0 Å². The van der Waals surface area contributed by atoms with Gasteiger partial charge < -0.3 is 15.0 Å². The van der Waals surface area contributed by atoms with E-state index in [9.17, 15) is 0 Å². The van der Waals surface area contributed by atoms with Crippen molar-refractivity contribution in [1.29, 1.82) is 0 Å². The van der Waals surface area contributed by atoms with Gasteiger partial charge in [-0.15, -0.1) is 5.10 Å². The third-order valence-corrected chi connectivity index (χ3v) is 2.06. The summed E-state index contributed by atoms with van der Waals surface area (Å²) in [6.45, 7) is 3.44. The molecule has 5 nitrogen and oxygen atoms in total. The Kier molecular flexibility index (Phi) is 5.65. The number of likely N-dealkylation sites (N-methyl/N-ethyl adjacent to an activating group) is 1. The van der Waals surface area contributed by atoms with Gasteiger partial charge >= 0.3 is 0 Å². The van der Waals surface area contributed by atoms with Crippen LogP contribution in [0.4, 0.5) is 5.82 Å². The van der Waals surface area contributed by atoms with Crippen LogP contribution in [0, 0.1) is 0 Å². The van der Waals surface area contributed by atoms with E-state index in [1.54, 1.807) is 13.3 Å². The third-order valence-electron chi connectivity index (χ3n) is 2.06. The first-order valence-corrected chi connectivity index (χ1v) is 5.03. The number of hydrogen-bond acceptors (Lipinski definition) is 5. The molecule has 84 valence electrons. The van der Waals surface area contributed by atoms with Crippen molar-refractivity contribution in [3.05, 3.63) is 18.3 Å². The van der Waals surface area contributed by atoms with Gasteiger partial charge in [-0.05, 0) is 12.1 Å². The van der Waals surface area contributed by atoms with Crippen molar-refractivity contribution in [2.75, 3.05) is 45.3 Å². The van der Waals surface area contributed by atoms with Gasteiger partial charge in [0.25, 0.3) is 0 Å². The van der Waals surface area contributed by atoms with Gasteiger partial charge in [-0.2, -0.15) is 5.10 Å². The molecule has 0 spiro atoms. The Morgan fingerprint density at radius 2 is 2.33 bits per heavy atom. The minimum Gasteiger partial charge on any atom is -0.383 e. The van der Waals surface area contributed by atoms with Crippen LogP contribution in [0.2, 0.25) is 0 Å². The molecule has 5 heteroatoms. The highest BCUT2D eigenvalue weighted by atomic mass is 16.5. The topological polar surface area (TPSA) is 50.3 Å². The molecule has 1 aromatic rings. The predicted molar refractivity (Wildman–Crippen MR) is 60.0 cm³/mol. The maximum Gasteiger partial charge on any atom is 0.151 e. The van der Waals surface area contributed by atoms with E-state index in [2.05, 4.69) is 20.4 Å². The van der Waals surface area contributed by atoms with Gasteiger partial charge in [-0.3, -0.25) is 0 Å². The molecule has 0 bridgehead atoms. The highest BCUT2D eigenvalue weighted by Gasteiger charge is 2.00.